The lowest BCUT2D eigenvalue weighted by atomic mass is 10.2. The van der Waals surface area contributed by atoms with Gasteiger partial charge in [-0.05, 0) is 38.1 Å². The third kappa shape index (κ3) is 3.51. The second kappa shape index (κ2) is 6.64. The van der Waals surface area contributed by atoms with E-state index in [9.17, 15) is 0 Å². The number of thioether (sulfide) groups is 1. The number of halogens is 1. The molecule has 0 radical (unpaired) electrons. The molecule has 2 heterocycles. The summed E-state index contributed by atoms with van der Waals surface area (Å²) in [6, 6.07) is 7.64. The van der Waals surface area contributed by atoms with Crippen molar-refractivity contribution in [2.24, 2.45) is 0 Å². The molecule has 0 bridgehead atoms. The van der Waals surface area contributed by atoms with Gasteiger partial charge in [-0.3, -0.25) is 4.57 Å². The van der Waals surface area contributed by atoms with Crippen molar-refractivity contribution >= 4 is 29.3 Å². The van der Waals surface area contributed by atoms with Crippen molar-refractivity contribution in [3.63, 3.8) is 0 Å². The van der Waals surface area contributed by atoms with Crippen LogP contribution in [-0.4, -0.2) is 19.7 Å². The predicted molar refractivity (Wildman–Crippen MR) is 91.3 cm³/mol. The smallest absolute Gasteiger partial charge is 0.222 e. The van der Waals surface area contributed by atoms with Gasteiger partial charge in [0.25, 0.3) is 0 Å². The Bertz CT molecular complexity index is 797. The van der Waals surface area contributed by atoms with Crippen molar-refractivity contribution in [1.29, 1.82) is 0 Å². The van der Waals surface area contributed by atoms with E-state index in [0.717, 1.165) is 10.7 Å². The van der Waals surface area contributed by atoms with Crippen LogP contribution in [0.15, 0.2) is 40.0 Å². The Kier molecular flexibility index (Phi) is 4.58. The molecule has 0 aliphatic rings. The van der Waals surface area contributed by atoms with E-state index in [-0.39, 0.29) is 6.04 Å². The lowest BCUT2D eigenvalue weighted by Gasteiger charge is -2.10. The van der Waals surface area contributed by atoms with E-state index in [1.165, 1.54) is 11.8 Å². The molecule has 3 aromatic rings. The van der Waals surface area contributed by atoms with Gasteiger partial charge in [0, 0.05) is 16.6 Å². The van der Waals surface area contributed by atoms with Gasteiger partial charge in [0.15, 0.2) is 10.9 Å². The van der Waals surface area contributed by atoms with Crippen molar-refractivity contribution in [2.75, 3.05) is 5.73 Å². The van der Waals surface area contributed by atoms with Crippen molar-refractivity contribution < 1.29 is 4.42 Å². The number of nitrogens with two attached hydrogens (primary N) is 1. The van der Waals surface area contributed by atoms with Gasteiger partial charge in [-0.1, -0.05) is 23.4 Å². The Labute approximate surface area is 143 Å². The summed E-state index contributed by atoms with van der Waals surface area (Å²) >= 11 is 7.38. The molecule has 0 aliphatic heterocycles. The highest BCUT2D eigenvalue weighted by molar-refractivity contribution is 7.98. The summed E-state index contributed by atoms with van der Waals surface area (Å²) in [4.78, 5) is 4.30. The molecule has 120 valence electrons. The fourth-order valence-corrected chi connectivity index (χ4v) is 3.18. The molecule has 2 N–H and O–H groups in total. The van der Waals surface area contributed by atoms with E-state index >= 15 is 0 Å². The van der Waals surface area contributed by atoms with Crippen molar-refractivity contribution in [3.05, 3.63) is 41.4 Å². The van der Waals surface area contributed by atoms with Crippen LogP contribution in [0.5, 0.6) is 0 Å². The lowest BCUT2D eigenvalue weighted by molar-refractivity contribution is 0.527. The summed E-state index contributed by atoms with van der Waals surface area (Å²) in [5.41, 5.74) is 6.77. The number of hydrogen-bond acceptors (Lipinski definition) is 6. The van der Waals surface area contributed by atoms with Gasteiger partial charge in [0.1, 0.15) is 0 Å². The standard InChI is InChI=1S/C15H16ClN5OS/c1-9(2)21-14(17)19-20-15(21)23-8-13-18-7-12(22-13)10-3-5-11(16)6-4-10/h3-7,9H,8H2,1-2H3,(H2,17,19). The maximum absolute atomic E-state index is 5.89. The quantitative estimate of drug-likeness (QED) is 0.700. The first-order valence-corrected chi connectivity index (χ1v) is 8.44. The third-order valence-electron chi connectivity index (χ3n) is 3.21. The van der Waals surface area contributed by atoms with Gasteiger partial charge < -0.3 is 10.2 Å². The van der Waals surface area contributed by atoms with Crippen molar-refractivity contribution in [3.8, 4) is 11.3 Å². The second-order valence-electron chi connectivity index (χ2n) is 5.22. The number of nitrogen functional groups attached to an aromatic ring is 1. The normalized spacial score (nSPS) is 11.3. The van der Waals surface area contributed by atoms with Gasteiger partial charge >= 0.3 is 0 Å². The van der Waals surface area contributed by atoms with E-state index in [1.807, 2.05) is 42.7 Å². The van der Waals surface area contributed by atoms with Crippen molar-refractivity contribution in [2.45, 2.75) is 30.8 Å². The van der Waals surface area contributed by atoms with Crippen molar-refractivity contribution in [1.82, 2.24) is 19.7 Å². The number of benzene rings is 1. The zero-order chi connectivity index (χ0) is 16.4. The van der Waals surface area contributed by atoms with Crippen LogP contribution in [0, 0.1) is 0 Å². The Morgan fingerprint density at radius 1 is 1.26 bits per heavy atom. The average Bonchev–Trinajstić information content (AvgIpc) is 3.12. The minimum Gasteiger partial charge on any atom is -0.440 e. The Morgan fingerprint density at radius 2 is 2.00 bits per heavy atom. The number of hydrogen-bond donors (Lipinski definition) is 1. The minimum atomic E-state index is 0.196. The van der Waals surface area contributed by atoms with Crippen LogP contribution in [0.2, 0.25) is 5.02 Å². The molecule has 1 aromatic carbocycles. The molecule has 0 unspecified atom stereocenters. The highest BCUT2D eigenvalue weighted by Gasteiger charge is 2.14. The topological polar surface area (TPSA) is 82.8 Å². The first-order valence-electron chi connectivity index (χ1n) is 7.08. The fourth-order valence-electron chi connectivity index (χ4n) is 2.12. The average molecular weight is 350 g/mol. The predicted octanol–water partition coefficient (Wildman–Crippen LogP) is 4.04. The largest absolute Gasteiger partial charge is 0.440 e. The van der Waals surface area contributed by atoms with E-state index in [1.54, 1.807) is 6.20 Å². The molecule has 0 fully saturated rings. The number of aromatic nitrogens is 4. The maximum atomic E-state index is 5.89. The first-order chi connectivity index (χ1) is 11.0. The zero-order valence-corrected chi connectivity index (χ0v) is 14.3. The van der Waals surface area contributed by atoms with Gasteiger partial charge in [-0.2, -0.15) is 0 Å². The van der Waals surface area contributed by atoms with E-state index < -0.39 is 0 Å². The monoisotopic (exact) mass is 349 g/mol. The molecule has 3 rings (SSSR count). The summed E-state index contributed by atoms with van der Waals surface area (Å²) in [5.74, 6) is 2.30. The molecule has 6 nitrogen and oxygen atoms in total. The Hall–Kier alpha value is -1.99. The number of nitrogens with zero attached hydrogens (tertiary/aromatic N) is 4. The Balaban J connectivity index is 1.71. The summed E-state index contributed by atoms with van der Waals surface area (Å²) < 4.78 is 7.66. The number of oxazole rings is 1. The molecule has 23 heavy (non-hydrogen) atoms. The number of rotatable bonds is 5. The van der Waals surface area contributed by atoms with Crippen LogP contribution in [-0.2, 0) is 5.75 Å². The van der Waals surface area contributed by atoms with Crippen LogP contribution < -0.4 is 5.73 Å². The van der Waals surface area contributed by atoms with Crippen LogP contribution in [0.25, 0.3) is 11.3 Å². The molecule has 0 saturated carbocycles. The van der Waals surface area contributed by atoms with E-state index in [0.29, 0.717) is 28.4 Å². The zero-order valence-electron chi connectivity index (χ0n) is 12.7. The van der Waals surface area contributed by atoms with E-state index in [2.05, 4.69) is 15.2 Å². The first kappa shape index (κ1) is 15.9. The van der Waals surface area contributed by atoms with Crippen LogP contribution in [0.4, 0.5) is 5.95 Å². The summed E-state index contributed by atoms with van der Waals surface area (Å²) in [6.45, 7) is 4.07. The molecule has 0 aliphatic carbocycles. The highest BCUT2D eigenvalue weighted by atomic mass is 35.5. The third-order valence-corrected chi connectivity index (χ3v) is 4.39. The number of anilines is 1. The molecular weight excluding hydrogens is 334 g/mol. The minimum absolute atomic E-state index is 0.196. The van der Waals surface area contributed by atoms with E-state index in [4.69, 9.17) is 21.8 Å². The second-order valence-corrected chi connectivity index (χ2v) is 6.60. The summed E-state index contributed by atoms with van der Waals surface area (Å²) in [7, 11) is 0. The van der Waals surface area contributed by atoms with Gasteiger partial charge in [0.2, 0.25) is 11.8 Å². The van der Waals surface area contributed by atoms with Gasteiger partial charge in [-0.15, -0.1) is 10.2 Å². The van der Waals surface area contributed by atoms with Crippen LogP contribution in [0.3, 0.4) is 0 Å². The fraction of sp³-hybridized carbons (Fsp3) is 0.267. The SMILES string of the molecule is CC(C)n1c(N)nnc1SCc1ncc(-c2ccc(Cl)cc2)o1. The molecule has 0 saturated heterocycles. The molecule has 8 heteroatoms. The molecular formula is C15H16ClN5OS. The van der Waals surface area contributed by atoms with Gasteiger partial charge in [0.05, 0.1) is 11.9 Å². The van der Waals surface area contributed by atoms with Crippen LogP contribution in [0.1, 0.15) is 25.8 Å². The Morgan fingerprint density at radius 3 is 2.70 bits per heavy atom. The summed E-state index contributed by atoms with van der Waals surface area (Å²) in [5, 5.41) is 9.45. The molecule has 2 aromatic heterocycles. The maximum Gasteiger partial charge on any atom is 0.222 e. The molecule has 0 spiro atoms. The molecule has 0 amide bonds. The van der Waals surface area contributed by atoms with Crippen LogP contribution >= 0.6 is 23.4 Å². The summed E-state index contributed by atoms with van der Waals surface area (Å²) in [6.07, 6.45) is 1.71. The molecule has 0 atom stereocenters. The van der Waals surface area contributed by atoms with Gasteiger partial charge in [-0.25, -0.2) is 4.98 Å². The lowest BCUT2D eigenvalue weighted by Crippen LogP contribution is -2.07. The highest BCUT2D eigenvalue weighted by Crippen LogP contribution is 2.28.